The number of unbranched alkanes of at least 4 members (excludes halogenated alkanes) is 2. The number of ether oxygens (including phenoxy) is 1. The van der Waals surface area contributed by atoms with Gasteiger partial charge in [-0.25, -0.2) is 0 Å². The summed E-state index contributed by atoms with van der Waals surface area (Å²) in [6.45, 7) is 1.12. The van der Waals surface area contributed by atoms with E-state index in [4.69, 9.17) is 14.4 Å². The summed E-state index contributed by atoms with van der Waals surface area (Å²) in [5.41, 5.74) is 0. The second-order valence-electron chi connectivity index (χ2n) is 3.04. The van der Waals surface area contributed by atoms with Crippen LogP contribution in [0.3, 0.4) is 0 Å². The van der Waals surface area contributed by atoms with Crippen molar-refractivity contribution in [1.29, 1.82) is 0 Å². The van der Waals surface area contributed by atoms with Gasteiger partial charge in [0.25, 0.3) is 10.1 Å². The zero-order valence-corrected chi connectivity index (χ0v) is 9.00. The van der Waals surface area contributed by atoms with Crippen LogP contribution in [0.1, 0.15) is 25.7 Å². The Morgan fingerprint density at radius 3 is 2.21 bits per heavy atom. The summed E-state index contributed by atoms with van der Waals surface area (Å²) in [7, 11) is -3.84. The van der Waals surface area contributed by atoms with E-state index in [1.807, 2.05) is 0 Å². The molecule has 0 radical (unpaired) electrons. The first kappa shape index (κ1) is 13.8. The highest BCUT2D eigenvalue weighted by Crippen LogP contribution is 1.96. The Labute approximate surface area is 84.8 Å². The van der Waals surface area contributed by atoms with Crippen LogP contribution >= 0.6 is 0 Å². The van der Waals surface area contributed by atoms with Gasteiger partial charge < -0.3 is 9.84 Å². The molecule has 0 aromatic carbocycles. The summed E-state index contributed by atoms with van der Waals surface area (Å²) in [5, 5.41) is 8.46. The van der Waals surface area contributed by atoms with Crippen LogP contribution in [0.5, 0.6) is 0 Å². The Kier molecular flexibility index (Phi) is 8.07. The first-order valence-electron chi connectivity index (χ1n) is 4.70. The molecule has 0 spiro atoms. The zero-order chi connectivity index (χ0) is 10.9. The highest BCUT2D eigenvalue weighted by molar-refractivity contribution is 7.85. The first-order valence-corrected chi connectivity index (χ1v) is 6.31. The molecule has 2 N–H and O–H groups in total. The lowest BCUT2D eigenvalue weighted by atomic mass is 10.2. The summed E-state index contributed by atoms with van der Waals surface area (Å²) < 4.78 is 34.1. The molecule has 0 heterocycles. The van der Waals surface area contributed by atoms with E-state index in [2.05, 4.69) is 0 Å². The molecule has 0 aliphatic heterocycles. The first-order chi connectivity index (χ1) is 6.56. The zero-order valence-electron chi connectivity index (χ0n) is 8.18. The third-order valence-corrected chi connectivity index (χ3v) is 2.44. The third kappa shape index (κ3) is 11.8. The van der Waals surface area contributed by atoms with Crippen LogP contribution in [-0.2, 0) is 14.9 Å². The van der Waals surface area contributed by atoms with Gasteiger partial charge in [-0.05, 0) is 25.7 Å². The van der Waals surface area contributed by atoms with Gasteiger partial charge in [0.05, 0.1) is 5.75 Å². The predicted molar refractivity (Wildman–Crippen MR) is 52.8 cm³/mol. The monoisotopic (exact) mass is 226 g/mol. The van der Waals surface area contributed by atoms with E-state index >= 15 is 0 Å². The average Bonchev–Trinajstić information content (AvgIpc) is 2.08. The fourth-order valence-corrected chi connectivity index (χ4v) is 1.42. The van der Waals surface area contributed by atoms with Gasteiger partial charge in [-0.2, -0.15) is 8.42 Å². The van der Waals surface area contributed by atoms with Gasteiger partial charge in [0.2, 0.25) is 0 Å². The molecule has 0 saturated carbocycles. The minimum Gasteiger partial charge on any atom is -0.396 e. The Hall–Kier alpha value is -0.170. The SMILES string of the molecule is O=S(=O)(O)CCCOCCCCCO. The molecule has 0 atom stereocenters. The smallest absolute Gasteiger partial charge is 0.264 e. The minimum absolute atomic E-state index is 0.197. The number of hydrogen-bond donors (Lipinski definition) is 2. The van der Waals surface area contributed by atoms with Crippen LogP contribution in [0.15, 0.2) is 0 Å². The molecule has 0 rings (SSSR count). The average molecular weight is 226 g/mol. The molecule has 0 bridgehead atoms. The Bertz CT molecular complexity index is 212. The predicted octanol–water partition coefficient (Wildman–Crippen LogP) is 0.443. The van der Waals surface area contributed by atoms with Crippen LogP contribution in [0, 0.1) is 0 Å². The number of aliphatic hydroxyl groups is 1. The molecule has 0 aliphatic rings. The van der Waals surface area contributed by atoms with Gasteiger partial charge in [0.15, 0.2) is 0 Å². The fraction of sp³-hybridized carbons (Fsp3) is 1.00. The molecular weight excluding hydrogens is 208 g/mol. The number of rotatable bonds is 9. The second-order valence-corrected chi connectivity index (χ2v) is 4.61. The van der Waals surface area contributed by atoms with E-state index in [-0.39, 0.29) is 12.4 Å². The summed E-state index contributed by atoms with van der Waals surface area (Å²) in [6, 6.07) is 0. The maximum absolute atomic E-state index is 10.3. The topological polar surface area (TPSA) is 83.8 Å². The van der Waals surface area contributed by atoms with Crippen LogP contribution in [0.2, 0.25) is 0 Å². The van der Waals surface area contributed by atoms with Crippen LogP contribution in [0.4, 0.5) is 0 Å². The van der Waals surface area contributed by atoms with Crippen molar-refractivity contribution in [3.8, 4) is 0 Å². The molecule has 0 aromatic heterocycles. The van der Waals surface area contributed by atoms with E-state index in [0.29, 0.717) is 19.6 Å². The molecule has 0 amide bonds. The maximum atomic E-state index is 10.3. The van der Waals surface area contributed by atoms with Crippen LogP contribution in [-0.4, -0.2) is 43.7 Å². The van der Waals surface area contributed by atoms with E-state index in [0.717, 1.165) is 19.3 Å². The van der Waals surface area contributed by atoms with Gasteiger partial charge in [0.1, 0.15) is 0 Å². The third-order valence-electron chi connectivity index (χ3n) is 1.64. The van der Waals surface area contributed by atoms with Gasteiger partial charge in [-0.1, -0.05) is 0 Å². The lowest BCUT2D eigenvalue weighted by Crippen LogP contribution is -2.07. The Morgan fingerprint density at radius 1 is 1.00 bits per heavy atom. The van der Waals surface area contributed by atoms with Crippen molar-refractivity contribution in [3.63, 3.8) is 0 Å². The number of aliphatic hydroxyl groups excluding tert-OH is 1. The van der Waals surface area contributed by atoms with Crippen molar-refractivity contribution < 1.29 is 22.8 Å². The van der Waals surface area contributed by atoms with Crippen molar-refractivity contribution in [1.82, 2.24) is 0 Å². The maximum Gasteiger partial charge on any atom is 0.264 e. The highest BCUT2D eigenvalue weighted by Gasteiger charge is 2.02. The quantitative estimate of drug-likeness (QED) is 0.440. The molecular formula is C8H18O5S. The molecule has 0 aliphatic carbocycles. The molecule has 0 aromatic rings. The summed E-state index contributed by atoms with van der Waals surface area (Å²) in [5.74, 6) is -0.246. The normalized spacial score (nSPS) is 11.9. The number of hydrogen-bond acceptors (Lipinski definition) is 4. The van der Waals surface area contributed by atoms with Crippen molar-refractivity contribution in [2.75, 3.05) is 25.6 Å². The van der Waals surface area contributed by atoms with Crippen molar-refractivity contribution in [3.05, 3.63) is 0 Å². The minimum atomic E-state index is -3.84. The van der Waals surface area contributed by atoms with Crippen molar-refractivity contribution in [2.45, 2.75) is 25.7 Å². The molecule has 0 unspecified atom stereocenters. The van der Waals surface area contributed by atoms with E-state index in [1.54, 1.807) is 0 Å². The molecule has 86 valence electrons. The molecule has 0 fully saturated rings. The van der Waals surface area contributed by atoms with Gasteiger partial charge in [0, 0.05) is 19.8 Å². The Balaban J connectivity index is 3.07. The van der Waals surface area contributed by atoms with E-state index < -0.39 is 10.1 Å². The lowest BCUT2D eigenvalue weighted by Gasteiger charge is -2.02. The molecule has 6 heteroatoms. The standard InChI is InChI=1S/C8H18O5S/c9-5-2-1-3-6-13-7-4-8-14(10,11)12/h9H,1-8H2,(H,10,11,12). The summed E-state index contributed by atoms with van der Waals surface area (Å²) >= 11 is 0. The molecule has 0 saturated heterocycles. The second kappa shape index (κ2) is 8.16. The van der Waals surface area contributed by atoms with Crippen LogP contribution < -0.4 is 0 Å². The molecule has 5 nitrogen and oxygen atoms in total. The Morgan fingerprint density at radius 2 is 1.64 bits per heavy atom. The lowest BCUT2D eigenvalue weighted by molar-refractivity contribution is 0.129. The van der Waals surface area contributed by atoms with Gasteiger partial charge in [-0.3, -0.25) is 4.55 Å². The largest absolute Gasteiger partial charge is 0.396 e. The van der Waals surface area contributed by atoms with Gasteiger partial charge >= 0.3 is 0 Å². The molecule has 14 heavy (non-hydrogen) atoms. The van der Waals surface area contributed by atoms with E-state index in [1.165, 1.54) is 0 Å². The summed E-state index contributed by atoms with van der Waals surface area (Å²) in [4.78, 5) is 0. The van der Waals surface area contributed by atoms with E-state index in [9.17, 15) is 8.42 Å². The summed E-state index contributed by atoms with van der Waals surface area (Å²) in [6.07, 6.45) is 2.87. The van der Waals surface area contributed by atoms with Crippen molar-refractivity contribution in [2.24, 2.45) is 0 Å². The van der Waals surface area contributed by atoms with Gasteiger partial charge in [-0.15, -0.1) is 0 Å². The van der Waals surface area contributed by atoms with Crippen LogP contribution in [0.25, 0.3) is 0 Å². The van der Waals surface area contributed by atoms with Crippen molar-refractivity contribution >= 4 is 10.1 Å². The highest BCUT2D eigenvalue weighted by atomic mass is 32.2. The fourth-order valence-electron chi connectivity index (χ4n) is 0.938.